The molecule has 1 atom stereocenters. The summed E-state index contributed by atoms with van der Waals surface area (Å²) in [6, 6.07) is 13.6. The molecule has 110 valence electrons. The van der Waals surface area contributed by atoms with Gasteiger partial charge < -0.3 is 15.2 Å². The second-order valence-corrected chi connectivity index (χ2v) is 5.75. The molecule has 0 spiro atoms. The SMILES string of the molecule is COc1ccc(C2C(c3cccs3)=CNC(O)=C2C#N)cc1. The fourth-order valence-electron chi connectivity index (χ4n) is 2.52. The number of aliphatic hydroxyl groups is 1. The first-order valence-electron chi connectivity index (χ1n) is 6.72. The molecule has 3 rings (SSSR count). The maximum Gasteiger partial charge on any atom is 0.203 e. The summed E-state index contributed by atoms with van der Waals surface area (Å²) in [6.45, 7) is 0. The summed E-state index contributed by atoms with van der Waals surface area (Å²) in [5.74, 6) is 0.366. The van der Waals surface area contributed by atoms with Gasteiger partial charge in [0.2, 0.25) is 5.88 Å². The first-order chi connectivity index (χ1) is 10.7. The van der Waals surface area contributed by atoms with Crippen LogP contribution in [0.25, 0.3) is 5.57 Å². The maximum atomic E-state index is 10.00. The smallest absolute Gasteiger partial charge is 0.203 e. The van der Waals surface area contributed by atoms with Crippen molar-refractivity contribution in [2.75, 3.05) is 7.11 Å². The number of rotatable bonds is 3. The van der Waals surface area contributed by atoms with Crippen molar-refractivity contribution >= 4 is 16.9 Å². The van der Waals surface area contributed by atoms with Crippen LogP contribution in [0.3, 0.4) is 0 Å². The molecule has 1 aromatic heterocycles. The van der Waals surface area contributed by atoms with Crippen molar-refractivity contribution in [3.8, 4) is 11.8 Å². The highest BCUT2D eigenvalue weighted by atomic mass is 32.1. The third-order valence-electron chi connectivity index (χ3n) is 3.59. The van der Waals surface area contributed by atoms with Crippen LogP contribution in [-0.2, 0) is 0 Å². The van der Waals surface area contributed by atoms with Crippen molar-refractivity contribution in [3.05, 3.63) is 69.9 Å². The standard InChI is InChI=1S/C17H14N2O2S/c1-21-12-6-4-11(5-7-12)16-13(9-18)17(20)19-10-14(16)15-3-2-8-22-15/h2-8,10,16,19-20H,1H3. The normalized spacial score (nSPS) is 17.5. The number of aliphatic hydroxyl groups excluding tert-OH is 1. The number of ether oxygens (including phenoxy) is 1. The van der Waals surface area contributed by atoms with Gasteiger partial charge in [-0.2, -0.15) is 5.26 Å². The third-order valence-corrected chi connectivity index (χ3v) is 4.51. The van der Waals surface area contributed by atoms with E-state index in [4.69, 9.17) is 4.74 Å². The van der Waals surface area contributed by atoms with E-state index in [0.717, 1.165) is 21.8 Å². The molecule has 2 aromatic rings. The minimum atomic E-state index is -0.296. The van der Waals surface area contributed by atoms with Crippen molar-refractivity contribution in [2.24, 2.45) is 0 Å². The molecule has 5 heteroatoms. The average Bonchev–Trinajstić information content (AvgIpc) is 3.09. The van der Waals surface area contributed by atoms with Crippen LogP contribution in [-0.4, -0.2) is 12.2 Å². The summed E-state index contributed by atoms with van der Waals surface area (Å²) in [7, 11) is 1.61. The average molecular weight is 310 g/mol. The van der Waals surface area contributed by atoms with Gasteiger partial charge in [-0.3, -0.25) is 0 Å². The Morgan fingerprint density at radius 1 is 1.27 bits per heavy atom. The predicted octanol–water partition coefficient (Wildman–Crippen LogP) is 3.78. The first kappa shape index (κ1) is 14.2. The molecular formula is C17H14N2O2S. The van der Waals surface area contributed by atoms with Crippen LogP contribution in [0.15, 0.2) is 59.4 Å². The van der Waals surface area contributed by atoms with E-state index in [1.165, 1.54) is 0 Å². The van der Waals surface area contributed by atoms with E-state index in [1.54, 1.807) is 24.6 Å². The van der Waals surface area contributed by atoms with E-state index >= 15 is 0 Å². The van der Waals surface area contributed by atoms with E-state index in [9.17, 15) is 10.4 Å². The van der Waals surface area contributed by atoms with Gasteiger partial charge in [0, 0.05) is 11.1 Å². The molecule has 1 aliphatic heterocycles. The van der Waals surface area contributed by atoms with Gasteiger partial charge in [0.25, 0.3) is 0 Å². The highest BCUT2D eigenvalue weighted by molar-refractivity contribution is 7.11. The van der Waals surface area contributed by atoms with E-state index < -0.39 is 0 Å². The van der Waals surface area contributed by atoms with Gasteiger partial charge in [0.1, 0.15) is 17.4 Å². The van der Waals surface area contributed by atoms with E-state index in [-0.39, 0.29) is 11.8 Å². The molecule has 1 aliphatic rings. The van der Waals surface area contributed by atoms with Crippen LogP contribution in [0.1, 0.15) is 16.4 Å². The quantitative estimate of drug-likeness (QED) is 0.905. The van der Waals surface area contributed by atoms with Crippen molar-refractivity contribution in [2.45, 2.75) is 5.92 Å². The number of benzene rings is 1. The molecule has 1 unspecified atom stereocenters. The summed E-state index contributed by atoms with van der Waals surface area (Å²) < 4.78 is 5.18. The molecule has 0 bridgehead atoms. The lowest BCUT2D eigenvalue weighted by Crippen LogP contribution is -2.20. The highest BCUT2D eigenvalue weighted by Gasteiger charge is 2.29. The first-order valence-corrected chi connectivity index (χ1v) is 7.60. The Bertz CT molecular complexity index is 768. The molecule has 0 fully saturated rings. The van der Waals surface area contributed by atoms with Crippen LogP contribution in [0.5, 0.6) is 5.75 Å². The molecule has 2 N–H and O–H groups in total. The topological polar surface area (TPSA) is 65.3 Å². The number of thiophene rings is 1. The minimum absolute atomic E-state index is 0.0939. The lowest BCUT2D eigenvalue weighted by molar-refractivity contribution is 0.372. The molecule has 0 radical (unpaired) electrons. The van der Waals surface area contributed by atoms with Crippen molar-refractivity contribution in [1.82, 2.24) is 5.32 Å². The summed E-state index contributed by atoms with van der Waals surface area (Å²) in [5.41, 5.74) is 2.22. The summed E-state index contributed by atoms with van der Waals surface area (Å²) >= 11 is 1.60. The van der Waals surface area contributed by atoms with Crippen molar-refractivity contribution < 1.29 is 9.84 Å². The zero-order valence-electron chi connectivity index (χ0n) is 11.9. The number of hydrogen-bond donors (Lipinski definition) is 2. The highest BCUT2D eigenvalue weighted by Crippen LogP contribution is 2.41. The number of nitriles is 1. The fourth-order valence-corrected chi connectivity index (χ4v) is 3.29. The molecule has 1 aromatic carbocycles. The van der Waals surface area contributed by atoms with Crippen LogP contribution < -0.4 is 10.1 Å². The second-order valence-electron chi connectivity index (χ2n) is 4.80. The van der Waals surface area contributed by atoms with Gasteiger partial charge in [0.15, 0.2) is 0 Å². The number of methoxy groups -OCH3 is 1. The van der Waals surface area contributed by atoms with Crippen molar-refractivity contribution in [3.63, 3.8) is 0 Å². The predicted molar refractivity (Wildman–Crippen MR) is 86.4 cm³/mol. The minimum Gasteiger partial charge on any atom is -0.497 e. The molecule has 22 heavy (non-hydrogen) atoms. The number of dihydropyridines is 1. The monoisotopic (exact) mass is 310 g/mol. The number of hydrogen-bond acceptors (Lipinski definition) is 5. The Hall–Kier alpha value is -2.71. The lowest BCUT2D eigenvalue weighted by Gasteiger charge is -2.24. The summed E-state index contributed by atoms with van der Waals surface area (Å²) in [6.07, 6.45) is 1.76. The molecule has 2 heterocycles. The Labute approximate surface area is 132 Å². The molecule has 0 saturated heterocycles. The van der Waals surface area contributed by atoms with Gasteiger partial charge in [-0.1, -0.05) is 18.2 Å². The number of allylic oxidation sites excluding steroid dienone is 2. The number of nitrogens with one attached hydrogen (secondary N) is 1. The van der Waals surface area contributed by atoms with Gasteiger partial charge >= 0.3 is 0 Å². The van der Waals surface area contributed by atoms with Gasteiger partial charge in [0.05, 0.1) is 13.0 Å². The molecular weight excluding hydrogens is 296 g/mol. The molecule has 0 saturated carbocycles. The Morgan fingerprint density at radius 3 is 2.64 bits per heavy atom. The van der Waals surface area contributed by atoms with E-state index in [1.807, 2.05) is 41.8 Å². The Balaban J connectivity index is 2.09. The van der Waals surface area contributed by atoms with Crippen LogP contribution >= 0.6 is 11.3 Å². The third kappa shape index (κ3) is 2.45. The molecule has 0 amide bonds. The van der Waals surface area contributed by atoms with Gasteiger partial charge in [-0.15, -0.1) is 11.3 Å². The van der Waals surface area contributed by atoms with Gasteiger partial charge in [-0.05, 0) is 34.7 Å². The van der Waals surface area contributed by atoms with E-state index in [0.29, 0.717) is 5.57 Å². The summed E-state index contributed by atoms with van der Waals surface area (Å²) in [4.78, 5) is 1.06. The zero-order chi connectivity index (χ0) is 15.5. The zero-order valence-corrected chi connectivity index (χ0v) is 12.7. The lowest BCUT2D eigenvalue weighted by atomic mass is 9.83. The van der Waals surface area contributed by atoms with E-state index in [2.05, 4.69) is 11.4 Å². The second kappa shape index (κ2) is 5.96. The largest absolute Gasteiger partial charge is 0.497 e. The maximum absolute atomic E-state index is 10.00. The van der Waals surface area contributed by atoms with Crippen molar-refractivity contribution in [1.29, 1.82) is 5.26 Å². The van der Waals surface area contributed by atoms with Crippen LogP contribution in [0.2, 0.25) is 0 Å². The van der Waals surface area contributed by atoms with Crippen LogP contribution in [0.4, 0.5) is 0 Å². The molecule has 0 aliphatic carbocycles. The number of nitrogens with zero attached hydrogens (tertiary/aromatic N) is 1. The Kier molecular flexibility index (Phi) is 3.86. The fraction of sp³-hybridized carbons (Fsp3) is 0.118. The molecule has 4 nitrogen and oxygen atoms in total. The van der Waals surface area contributed by atoms with Gasteiger partial charge in [-0.25, -0.2) is 0 Å². The van der Waals surface area contributed by atoms with Crippen LogP contribution in [0, 0.1) is 11.3 Å². The summed E-state index contributed by atoms with van der Waals surface area (Å²) in [5, 5.41) is 24.2. The Morgan fingerprint density at radius 2 is 2.05 bits per heavy atom.